The number of benzene rings is 1. The Kier molecular flexibility index (Phi) is 7.73. The van der Waals surface area contributed by atoms with Crippen molar-refractivity contribution < 1.29 is 27.9 Å². The van der Waals surface area contributed by atoms with Gasteiger partial charge in [-0.05, 0) is 71.7 Å². The summed E-state index contributed by atoms with van der Waals surface area (Å²) in [5.41, 5.74) is -1.03. The molecule has 3 rings (SSSR count). The van der Waals surface area contributed by atoms with Crippen molar-refractivity contribution in [2.45, 2.75) is 82.9 Å². The monoisotopic (exact) mass is 469 g/mol. The van der Waals surface area contributed by atoms with E-state index in [9.17, 15) is 27.9 Å². The van der Waals surface area contributed by atoms with Gasteiger partial charge in [0.2, 0.25) is 5.91 Å². The molecular weight excluding hydrogens is 435 g/mol. The van der Waals surface area contributed by atoms with E-state index in [1.807, 2.05) is 0 Å². The Bertz CT molecular complexity index is 859. The number of nitrogens with zero attached hydrogens (tertiary/aromatic N) is 2. The van der Waals surface area contributed by atoms with Crippen molar-refractivity contribution in [2.24, 2.45) is 5.92 Å². The first kappa shape index (κ1) is 25.5. The minimum atomic E-state index is -4.55. The van der Waals surface area contributed by atoms with Crippen LogP contribution in [0.15, 0.2) is 24.3 Å². The molecule has 33 heavy (non-hydrogen) atoms. The molecule has 0 aromatic heterocycles. The van der Waals surface area contributed by atoms with Crippen molar-refractivity contribution in [1.82, 2.24) is 15.1 Å². The summed E-state index contributed by atoms with van der Waals surface area (Å²) in [4.78, 5) is 29.7. The maximum Gasteiger partial charge on any atom is 0.416 e. The van der Waals surface area contributed by atoms with Gasteiger partial charge in [0.1, 0.15) is 6.04 Å². The molecule has 1 aromatic rings. The molecule has 2 aliphatic rings. The van der Waals surface area contributed by atoms with E-state index in [1.54, 1.807) is 11.8 Å². The van der Waals surface area contributed by atoms with Crippen LogP contribution < -0.4 is 5.32 Å². The van der Waals surface area contributed by atoms with Gasteiger partial charge in [-0.15, -0.1) is 0 Å². The molecule has 0 radical (unpaired) electrons. The number of likely N-dealkylation sites (tertiary alicyclic amines) is 1. The largest absolute Gasteiger partial charge is 0.416 e. The zero-order valence-corrected chi connectivity index (χ0v) is 19.6. The summed E-state index contributed by atoms with van der Waals surface area (Å²) in [5.74, 6) is -1.01. The fourth-order valence-corrected chi connectivity index (χ4v) is 5.11. The average Bonchev–Trinajstić information content (AvgIpc) is 3.12. The van der Waals surface area contributed by atoms with Crippen molar-refractivity contribution in [3.8, 4) is 0 Å². The van der Waals surface area contributed by atoms with Gasteiger partial charge in [0.15, 0.2) is 0 Å². The van der Waals surface area contributed by atoms with Crippen molar-refractivity contribution in [3.63, 3.8) is 0 Å². The number of amides is 2. The number of aliphatic hydroxyl groups excluding tert-OH is 1. The Balaban J connectivity index is 1.67. The van der Waals surface area contributed by atoms with Gasteiger partial charge >= 0.3 is 6.18 Å². The molecule has 2 N–H and O–H groups in total. The van der Waals surface area contributed by atoms with E-state index < -0.39 is 29.8 Å². The third-order valence-corrected chi connectivity index (χ3v) is 7.24. The highest BCUT2D eigenvalue weighted by Crippen LogP contribution is 2.36. The molecule has 1 aliphatic carbocycles. The van der Waals surface area contributed by atoms with Crippen molar-refractivity contribution >= 4 is 11.8 Å². The molecule has 2 amide bonds. The number of hydrogen-bond acceptors (Lipinski definition) is 4. The Morgan fingerprint density at radius 2 is 1.91 bits per heavy atom. The highest BCUT2D eigenvalue weighted by Gasteiger charge is 2.44. The minimum absolute atomic E-state index is 0.0770. The van der Waals surface area contributed by atoms with E-state index in [0.717, 1.165) is 31.4 Å². The molecule has 2 fully saturated rings. The van der Waals surface area contributed by atoms with Crippen molar-refractivity contribution in [3.05, 3.63) is 35.4 Å². The first-order valence-corrected chi connectivity index (χ1v) is 11.6. The number of rotatable bonds is 6. The van der Waals surface area contributed by atoms with Gasteiger partial charge in [-0.1, -0.05) is 6.07 Å². The van der Waals surface area contributed by atoms with Gasteiger partial charge in [0, 0.05) is 36.2 Å². The summed E-state index contributed by atoms with van der Waals surface area (Å²) < 4.78 is 38.9. The molecular formula is C24H34F3N3O3. The molecule has 9 heteroatoms. The van der Waals surface area contributed by atoms with E-state index in [2.05, 4.69) is 31.1 Å². The Hall–Kier alpha value is -2.13. The maximum absolute atomic E-state index is 13.1. The number of carbonyl (C=O) groups excluding carboxylic acids is 2. The van der Waals surface area contributed by atoms with Crippen LogP contribution in [0.5, 0.6) is 0 Å². The second-order valence-electron chi connectivity index (χ2n) is 9.62. The van der Waals surface area contributed by atoms with Crippen LogP contribution in [0.3, 0.4) is 0 Å². The molecule has 1 aromatic carbocycles. The van der Waals surface area contributed by atoms with Crippen molar-refractivity contribution in [2.75, 3.05) is 13.6 Å². The molecule has 184 valence electrons. The number of nitrogens with one attached hydrogen (secondary N) is 1. The third kappa shape index (κ3) is 5.69. The highest BCUT2D eigenvalue weighted by atomic mass is 19.4. The second kappa shape index (κ2) is 10.0. The van der Waals surface area contributed by atoms with Crippen LogP contribution in [0, 0.1) is 5.92 Å². The lowest BCUT2D eigenvalue weighted by atomic mass is 9.77. The molecule has 0 spiro atoms. The second-order valence-corrected chi connectivity index (χ2v) is 9.62. The molecule has 1 saturated carbocycles. The topological polar surface area (TPSA) is 72.9 Å². The van der Waals surface area contributed by atoms with E-state index in [-0.39, 0.29) is 23.4 Å². The molecule has 2 unspecified atom stereocenters. The maximum atomic E-state index is 13.1. The van der Waals surface area contributed by atoms with Gasteiger partial charge < -0.3 is 20.2 Å². The van der Waals surface area contributed by atoms with E-state index >= 15 is 0 Å². The van der Waals surface area contributed by atoms with Gasteiger partial charge in [-0.3, -0.25) is 9.59 Å². The molecule has 6 nitrogen and oxygen atoms in total. The fourth-order valence-electron chi connectivity index (χ4n) is 5.11. The van der Waals surface area contributed by atoms with Crippen LogP contribution in [0.1, 0.15) is 62.4 Å². The molecule has 1 aliphatic heterocycles. The summed E-state index contributed by atoms with van der Waals surface area (Å²) in [6.45, 7) is 6.46. The van der Waals surface area contributed by atoms with Crippen LogP contribution in [-0.4, -0.2) is 70.6 Å². The smallest absolute Gasteiger partial charge is 0.393 e. The SMILES string of the molecule is CC(O)[C@H]1C[C@H](N(C)C(C)C)CC[C@@H]1N1CCC(NC(=O)c2cccc(C(F)(F)F)c2)C1=O. The Labute approximate surface area is 193 Å². The van der Waals surface area contributed by atoms with Crippen LogP contribution >= 0.6 is 0 Å². The first-order chi connectivity index (χ1) is 15.4. The fraction of sp³-hybridized carbons (Fsp3) is 0.667. The summed E-state index contributed by atoms with van der Waals surface area (Å²) in [7, 11) is 2.08. The predicted molar refractivity (Wildman–Crippen MR) is 119 cm³/mol. The number of hydrogen-bond donors (Lipinski definition) is 2. The van der Waals surface area contributed by atoms with Gasteiger partial charge in [0.05, 0.1) is 11.7 Å². The summed E-state index contributed by atoms with van der Waals surface area (Å²) in [5, 5.41) is 13.1. The van der Waals surface area contributed by atoms with Crippen LogP contribution in [-0.2, 0) is 11.0 Å². The molecule has 0 bridgehead atoms. The van der Waals surface area contributed by atoms with E-state index in [0.29, 0.717) is 25.0 Å². The minimum Gasteiger partial charge on any atom is -0.393 e. The quantitative estimate of drug-likeness (QED) is 0.671. The zero-order chi connectivity index (χ0) is 24.5. The first-order valence-electron chi connectivity index (χ1n) is 11.6. The lowest BCUT2D eigenvalue weighted by Crippen LogP contribution is -2.54. The number of aliphatic hydroxyl groups is 1. The number of alkyl halides is 3. The number of carbonyl (C=O) groups is 2. The molecule has 1 heterocycles. The Morgan fingerprint density at radius 3 is 2.52 bits per heavy atom. The van der Waals surface area contributed by atoms with Crippen LogP contribution in [0.25, 0.3) is 0 Å². The highest BCUT2D eigenvalue weighted by molar-refractivity contribution is 5.98. The average molecular weight is 470 g/mol. The molecule has 1 saturated heterocycles. The summed E-state index contributed by atoms with van der Waals surface area (Å²) in [6, 6.07) is 3.99. The summed E-state index contributed by atoms with van der Waals surface area (Å²) in [6.07, 6.45) is -2.28. The van der Waals surface area contributed by atoms with E-state index in [4.69, 9.17) is 0 Å². The normalized spacial score (nSPS) is 27.3. The summed E-state index contributed by atoms with van der Waals surface area (Å²) >= 11 is 0. The number of halogens is 3. The Morgan fingerprint density at radius 1 is 1.21 bits per heavy atom. The van der Waals surface area contributed by atoms with Gasteiger partial charge in [-0.2, -0.15) is 13.2 Å². The lowest BCUT2D eigenvalue weighted by molar-refractivity contribution is -0.137. The van der Waals surface area contributed by atoms with E-state index in [1.165, 1.54) is 12.1 Å². The van der Waals surface area contributed by atoms with Gasteiger partial charge in [-0.25, -0.2) is 0 Å². The lowest BCUT2D eigenvalue weighted by Gasteiger charge is -2.45. The third-order valence-electron chi connectivity index (χ3n) is 7.24. The molecule has 5 atom stereocenters. The van der Waals surface area contributed by atoms with Crippen molar-refractivity contribution in [1.29, 1.82) is 0 Å². The van der Waals surface area contributed by atoms with Crippen LogP contribution in [0.4, 0.5) is 13.2 Å². The van der Waals surface area contributed by atoms with Gasteiger partial charge in [0.25, 0.3) is 5.91 Å². The zero-order valence-electron chi connectivity index (χ0n) is 19.6. The standard InChI is InChI=1S/C24H34F3N3O3/c1-14(2)29(4)18-8-9-21(19(13-18)15(3)31)30-11-10-20(23(30)33)28-22(32)16-6-5-7-17(12-16)24(25,26)27/h5-7,12,14-15,18-21,31H,8-11,13H2,1-4H3,(H,28,32)/t15?,18-,19-,20?,21+/m1/s1. The predicted octanol–water partition coefficient (Wildman–Crippen LogP) is 3.29. The van der Waals surface area contributed by atoms with Crippen LogP contribution in [0.2, 0.25) is 0 Å².